The van der Waals surface area contributed by atoms with Crippen molar-refractivity contribution in [2.24, 2.45) is 5.73 Å². The SMILES string of the molecule is C=C/C=C(C=C)/C=C(\NC)c1nc2cc(C=C)ccn2c1C.CN1CCCC(N)C1. The van der Waals surface area contributed by atoms with Crippen LogP contribution in [0.4, 0.5) is 0 Å². The third-order valence-corrected chi connectivity index (χ3v) is 5.17. The largest absolute Gasteiger partial charge is 0.386 e. The Morgan fingerprint density at radius 3 is 2.63 bits per heavy atom. The number of nitrogens with one attached hydrogen (secondary N) is 1. The van der Waals surface area contributed by atoms with Crippen molar-refractivity contribution in [3.63, 3.8) is 0 Å². The van der Waals surface area contributed by atoms with Gasteiger partial charge in [0.25, 0.3) is 0 Å². The Labute approximate surface area is 181 Å². The minimum atomic E-state index is 0.439. The number of nitrogens with zero attached hydrogens (tertiary/aromatic N) is 3. The molecule has 1 aliphatic rings. The maximum atomic E-state index is 5.68. The zero-order valence-corrected chi connectivity index (χ0v) is 18.6. The Balaban J connectivity index is 0.000000335. The van der Waals surface area contributed by atoms with Crippen LogP contribution in [-0.4, -0.2) is 47.5 Å². The molecule has 0 aromatic carbocycles. The molecule has 5 nitrogen and oxygen atoms in total. The second-order valence-corrected chi connectivity index (χ2v) is 7.52. The number of rotatable bonds is 6. The van der Waals surface area contributed by atoms with E-state index in [1.54, 1.807) is 12.2 Å². The maximum Gasteiger partial charge on any atom is 0.138 e. The van der Waals surface area contributed by atoms with Gasteiger partial charge in [-0.15, -0.1) is 0 Å². The molecule has 0 radical (unpaired) electrons. The Kier molecular flexibility index (Phi) is 8.84. The molecule has 0 saturated carbocycles. The van der Waals surface area contributed by atoms with Crippen molar-refractivity contribution in [2.45, 2.75) is 25.8 Å². The van der Waals surface area contributed by atoms with Gasteiger partial charge in [0.2, 0.25) is 0 Å². The number of nitrogens with two attached hydrogens (primary N) is 1. The van der Waals surface area contributed by atoms with Gasteiger partial charge in [-0.25, -0.2) is 4.98 Å². The molecule has 30 heavy (non-hydrogen) atoms. The highest BCUT2D eigenvalue weighted by atomic mass is 15.1. The molecule has 0 bridgehead atoms. The van der Waals surface area contributed by atoms with E-state index >= 15 is 0 Å². The highest BCUT2D eigenvalue weighted by Gasteiger charge is 2.12. The van der Waals surface area contributed by atoms with Crippen LogP contribution in [0.5, 0.6) is 0 Å². The van der Waals surface area contributed by atoms with Gasteiger partial charge in [-0.3, -0.25) is 0 Å². The molecule has 2 aromatic rings. The summed E-state index contributed by atoms with van der Waals surface area (Å²) in [5, 5.41) is 3.21. The zero-order valence-electron chi connectivity index (χ0n) is 18.6. The number of aryl methyl sites for hydroxylation is 1. The molecule has 1 fully saturated rings. The highest BCUT2D eigenvalue weighted by molar-refractivity contribution is 5.70. The first kappa shape index (κ1) is 23.4. The average Bonchev–Trinajstić information content (AvgIpc) is 3.07. The lowest BCUT2D eigenvalue weighted by molar-refractivity contribution is 0.252. The minimum absolute atomic E-state index is 0.439. The van der Waals surface area contributed by atoms with Gasteiger partial charge < -0.3 is 20.4 Å². The van der Waals surface area contributed by atoms with Crippen LogP contribution in [-0.2, 0) is 0 Å². The summed E-state index contributed by atoms with van der Waals surface area (Å²) in [6, 6.07) is 4.48. The standard InChI is InChI=1S/C19H21N3.C6H14N2/c1-6-9-15(7-2)12-17(20-5)19-14(4)22-11-10-16(8-3)13-18(22)21-19;1-8-4-2-3-6(7)5-8/h6-13,20H,1-3H2,4-5H3;6H,2-5,7H2,1H3/b15-9+,17-12-;. The van der Waals surface area contributed by atoms with Crippen molar-refractivity contribution >= 4 is 17.4 Å². The van der Waals surface area contributed by atoms with Gasteiger partial charge in [-0.05, 0) is 62.7 Å². The third-order valence-electron chi connectivity index (χ3n) is 5.17. The van der Waals surface area contributed by atoms with Crippen LogP contribution in [0.2, 0.25) is 0 Å². The predicted octanol–water partition coefficient (Wildman–Crippen LogP) is 4.18. The molecular formula is C25H35N5. The molecule has 1 saturated heterocycles. The average molecular weight is 406 g/mol. The summed E-state index contributed by atoms with van der Waals surface area (Å²) in [6.07, 6.45) is 13.8. The number of pyridine rings is 1. The van der Waals surface area contributed by atoms with E-state index in [2.05, 4.69) is 48.3 Å². The smallest absolute Gasteiger partial charge is 0.138 e. The normalized spacial score (nSPS) is 17.8. The Bertz CT molecular complexity index is 940. The maximum absolute atomic E-state index is 5.68. The van der Waals surface area contributed by atoms with Crippen LogP contribution in [0.25, 0.3) is 17.4 Å². The lowest BCUT2D eigenvalue weighted by Crippen LogP contribution is -2.40. The number of imidazole rings is 1. The summed E-state index contributed by atoms with van der Waals surface area (Å²) < 4.78 is 2.07. The predicted molar refractivity (Wildman–Crippen MR) is 130 cm³/mol. The molecule has 5 heteroatoms. The van der Waals surface area contributed by atoms with Crippen LogP contribution < -0.4 is 11.1 Å². The van der Waals surface area contributed by atoms with Crippen LogP contribution in [0.1, 0.15) is 29.8 Å². The van der Waals surface area contributed by atoms with E-state index in [-0.39, 0.29) is 0 Å². The zero-order chi connectivity index (χ0) is 22.1. The van der Waals surface area contributed by atoms with Crippen molar-refractivity contribution in [3.8, 4) is 0 Å². The van der Waals surface area contributed by atoms with Gasteiger partial charge in [-0.1, -0.05) is 44.0 Å². The molecule has 0 spiro atoms. The van der Waals surface area contributed by atoms with E-state index in [0.717, 1.165) is 40.4 Å². The van der Waals surface area contributed by atoms with Crippen LogP contribution in [0.15, 0.2) is 67.9 Å². The summed E-state index contributed by atoms with van der Waals surface area (Å²) in [7, 11) is 4.01. The fourth-order valence-corrected chi connectivity index (χ4v) is 3.51. The number of likely N-dealkylation sites (N-methyl/N-ethyl adjacent to an activating group) is 1. The molecule has 0 aliphatic carbocycles. The Hall–Kier alpha value is -2.89. The number of aromatic nitrogens is 2. The number of likely N-dealkylation sites (tertiary alicyclic amines) is 1. The number of hydrogen-bond donors (Lipinski definition) is 2. The summed E-state index contributed by atoms with van der Waals surface area (Å²) in [5.74, 6) is 0. The van der Waals surface area contributed by atoms with Crippen LogP contribution >= 0.6 is 0 Å². The van der Waals surface area contributed by atoms with Gasteiger partial charge >= 0.3 is 0 Å². The first-order valence-electron chi connectivity index (χ1n) is 10.3. The van der Waals surface area contributed by atoms with E-state index < -0.39 is 0 Å². The van der Waals surface area contributed by atoms with E-state index in [1.807, 2.05) is 43.6 Å². The van der Waals surface area contributed by atoms with E-state index in [4.69, 9.17) is 10.7 Å². The van der Waals surface area contributed by atoms with Gasteiger partial charge in [0.1, 0.15) is 11.3 Å². The lowest BCUT2D eigenvalue weighted by Gasteiger charge is -2.26. The number of hydrogen-bond acceptors (Lipinski definition) is 4. The van der Waals surface area contributed by atoms with Crippen molar-refractivity contribution in [1.29, 1.82) is 0 Å². The van der Waals surface area contributed by atoms with Gasteiger partial charge in [0.05, 0.1) is 5.70 Å². The van der Waals surface area contributed by atoms with Crippen LogP contribution in [0.3, 0.4) is 0 Å². The molecule has 1 atom stereocenters. The molecule has 3 heterocycles. The van der Waals surface area contributed by atoms with Crippen molar-refractivity contribution in [1.82, 2.24) is 19.6 Å². The van der Waals surface area contributed by atoms with Gasteiger partial charge in [0.15, 0.2) is 0 Å². The molecule has 2 aromatic heterocycles. The van der Waals surface area contributed by atoms with E-state index in [1.165, 1.54) is 19.4 Å². The quantitative estimate of drug-likeness (QED) is 0.708. The second kappa shape index (κ2) is 11.3. The number of allylic oxidation sites excluding steroid dienone is 5. The molecule has 1 aliphatic heterocycles. The molecule has 3 rings (SSSR count). The van der Waals surface area contributed by atoms with Gasteiger partial charge in [-0.2, -0.15) is 0 Å². The monoisotopic (exact) mass is 405 g/mol. The van der Waals surface area contributed by atoms with Crippen molar-refractivity contribution in [3.05, 3.63) is 84.9 Å². The van der Waals surface area contributed by atoms with E-state index in [9.17, 15) is 0 Å². The minimum Gasteiger partial charge on any atom is -0.386 e. The molecule has 1 unspecified atom stereocenters. The van der Waals surface area contributed by atoms with E-state index in [0.29, 0.717) is 6.04 Å². The molecular weight excluding hydrogens is 370 g/mol. The number of fused-ring (bicyclic) bond motifs is 1. The molecule has 3 N–H and O–H groups in total. The molecule has 0 amide bonds. The summed E-state index contributed by atoms with van der Waals surface area (Å²) in [4.78, 5) is 7.02. The summed E-state index contributed by atoms with van der Waals surface area (Å²) in [5.41, 5.74) is 11.5. The first-order chi connectivity index (χ1) is 14.4. The third kappa shape index (κ3) is 6.05. The lowest BCUT2D eigenvalue weighted by atomic mass is 10.1. The fraction of sp³-hybridized carbons (Fsp3) is 0.320. The summed E-state index contributed by atoms with van der Waals surface area (Å²) >= 11 is 0. The fourth-order valence-electron chi connectivity index (χ4n) is 3.51. The second-order valence-electron chi connectivity index (χ2n) is 7.52. The van der Waals surface area contributed by atoms with Crippen LogP contribution in [0, 0.1) is 6.92 Å². The van der Waals surface area contributed by atoms with Crippen molar-refractivity contribution in [2.75, 3.05) is 27.2 Å². The number of piperidine rings is 1. The highest BCUT2D eigenvalue weighted by Crippen LogP contribution is 2.20. The topological polar surface area (TPSA) is 58.6 Å². The van der Waals surface area contributed by atoms with Crippen molar-refractivity contribution < 1.29 is 0 Å². The summed E-state index contributed by atoms with van der Waals surface area (Å²) in [6.45, 7) is 15.7. The van der Waals surface area contributed by atoms with Gasteiger partial charge in [0, 0.05) is 31.5 Å². The molecule has 160 valence electrons. The first-order valence-corrected chi connectivity index (χ1v) is 10.3. The Morgan fingerprint density at radius 2 is 2.10 bits per heavy atom. The Morgan fingerprint density at radius 1 is 1.33 bits per heavy atom.